The molecule has 5 heteroatoms. The maximum absolute atomic E-state index is 11.4. The number of hydrogen-bond acceptors (Lipinski definition) is 4. The average molecular weight is 280 g/mol. The molecule has 0 unspecified atom stereocenters. The summed E-state index contributed by atoms with van der Waals surface area (Å²) in [5.41, 5.74) is 1.75. The molecule has 3 rings (SSSR count). The first kappa shape index (κ1) is 13.1. The third-order valence-electron chi connectivity index (χ3n) is 4.09. The Morgan fingerprint density at radius 1 is 1.11 bits per heavy atom. The normalized spacial score (nSPS) is 23.1. The van der Waals surface area contributed by atoms with Crippen molar-refractivity contribution in [1.29, 1.82) is 0 Å². The van der Waals surface area contributed by atoms with E-state index in [0.29, 0.717) is 10.3 Å². The van der Waals surface area contributed by atoms with Gasteiger partial charge in [0.1, 0.15) is 0 Å². The van der Waals surface area contributed by atoms with E-state index < -0.39 is 9.84 Å². The summed E-state index contributed by atoms with van der Waals surface area (Å²) in [5.74, 6) is 0. The number of hydrogen-bond donors (Lipinski definition) is 0. The number of nitrogens with zero attached hydrogens (tertiary/aromatic N) is 2. The second-order valence-electron chi connectivity index (χ2n) is 6.23. The first-order valence-corrected chi connectivity index (χ1v) is 8.45. The van der Waals surface area contributed by atoms with Crippen LogP contribution in [0.3, 0.4) is 0 Å². The van der Waals surface area contributed by atoms with Crippen molar-refractivity contribution in [2.24, 2.45) is 5.41 Å². The fourth-order valence-electron chi connectivity index (χ4n) is 3.41. The molecule has 2 fully saturated rings. The zero-order valence-corrected chi connectivity index (χ0v) is 12.3. The first-order chi connectivity index (χ1) is 8.86. The van der Waals surface area contributed by atoms with Crippen LogP contribution in [0.4, 0.5) is 0 Å². The van der Waals surface area contributed by atoms with Crippen LogP contribution in [0.25, 0.3) is 0 Å². The number of benzene rings is 1. The van der Waals surface area contributed by atoms with Gasteiger partial charge in [0.25, 0.3) is 0 Å². The highest BCUT2D eigenvalue weighted by molar-refractivity contribution is 7.90. The van der Waals surface area contributed by atoms with Crippen molar-refractivity contribution in [3.8, 4) is 0 Å². The molecular weight excluding hydrogens is 260 g/mol. The molecule has 0 bridgehead atoms. The maximum Gasteiger partial charge on any atom is 0.175 e. The Bertz CT molecular complexity index is 566. The lowest BCUT2D eigenvalue weighted by atomic mass is 9.73. The van der Waals surface area contributed by atoms with Crippen molar-refractivity contribution in [3.05, 3.63) is 29.8 Å². The molecule has 2 aliphatic heterocycles. The van der Waals surface area contributed by atoms with E-state index in [1.54, 1.807) is 12.1 Å². The van der Waals surface area contributed by atoms with Crippen molar-refractivity contribution in [1.82, 2.24) is 9.80 Å². The molecule has 2 aliphatic rings. The van der Waals surface area contributed by atoms with Crippen LogP contribution in [-0.2, 0) is 16.4 Å². The van der Waals surface area contributed by atoms with Crippen molar-refractivity contribution in [2.45, 2.75) is 11.4 Å². The highest BCUT2D eigenvalue weighted by atomic mass is 32.2. The van der Waals surface area contributed by atoms with Gasteiger partial charge in [0, 0.05) is 44.4 Å². The van der Waals surface area contributed by atoms with E-state index in [1.165, 1.54) is 38.0 Å². The summed E-state index contributed by atoms with van der Waals surface area (Å²) in [5, 5.41) is 0. The van der Waals surface area contributed by atoms with E-state index in [2.05, 4.69) is 16.8 Å². The van der Waals surface area contributed by atoms with Gasteiger partial charge in [0.2, 0.25) is 0 Å². The Morgan fingerprint density at radius 2 is 1.68 bits per heavy atom. The fourth-order valence-corrected chi connectivity index (χ4v) is 4.04. The minimum absolute atomic E-state index is 0.400. The molecule has 0 aliphatic carbocycles. The largest absolute Gasteiger partial charge is 0.305 e. The van der Waals surface area contributed by atoms with E-state index >= 15 is 0 Å². The van der Waals surface area contributed by atoms with E-state index in [1.807, 2.05) is 12.1 Å². The number of likely N-dealkylation sites (tertiary alicyclic amines) is 2. The first-order valence-electron chi connectivity index (χ1n) is 6.56. The molecule has 0 N–H and O–H groups in total. The lowest BCUT2D eigenvalue weighted by Crippen LogP contribution is -2.70. The predicted molar refractivity (Wildman–Crippen MR) is 74.8 cm³/mol. The van der Waals surface area contributed by atoms with Gasteiger partial charge in [-0.2, -0.15) is 0 Å². The number of rotatable bonds is 3. The van der Waals surface area contributed by atoms with Crippen LogP contribution >= 0.6 is 0 Å². The Kier molecular flexibility index (Phi) is 2.96. The van der Waals surface area contributed by atoms with Crippen LogP contribution in [0.2, 0.25) is 0 Å². The van der Waals surface area contributed by atoms with Gasteiger partial charge in [-0.3, -0.25) is 4.90 Å². The lowest BCUT2D eigenvalue weighted by Gasteiger charge is -2.59. The Morgan fingerprint density at radius 3 is 2.16 bits per heavy atom. The minimum atomic E-state index is -3.08. The quantitative estimate of drug-likeness (QED) is 0.822. The zero-order chi connectivity index (χ0) is 13.7. The average Bonchev–Trinajstić information content (AvgIpc) is 2.23. The molecule has 0 aromatic heterocycles. The monoisotopic (exact) mass is 280 g/mol. The van der Waals surface area contributed by atoms with Crippen molar-refractivity contribution < 1.29 is 8.42 Å². The van der Waals surface area contributed by atoms with E-state index in [9.17, 15) is 8.42 Å². The fraction of sp³-hybridized carbons (Fsp3) is 0.571. The summed E-state index contributed by atoms with van der Waals surface area (Å²) in [6.07, 6.45) is 1.24. The second kappa shape index (κ2) is 4.30. The highest BCUT2D eigenvalue weighted by Crippen LogP contribution is 2.39. The zero-order valence-electron chi connectivity index (χ0n) is 11.5. The smallest absolute Gasteiger partial charge is 0.175 e. The summed E-state index contributed by atoms with van der Waals surface area (Å²) < 4.78 is 22.8. The van der Waals surface area contributed by atoms with Crippen LogP contribution < -0.4 is 0 Å². The molecule has 0 saturated carbocycles. The van der Waals surface area contributed by atoms with E-state index in [-0.39, 0.29) is 0 Å². The van der Waals surface area contributed by atoms with Gasteiger partial charge in [-0.1, -0.05) is 12.1 Å². The highest BCUT2D eigenvalue weighted by Gasteiger charge is 2.49. The van der Waals surface area contributed by atoms with Crippen LogP contribution in [0, 0.1) is 5.41 Å². The minimum Gasteiger partial charge on any atom is -0.305 e. The summed E-state index contributed by atoms with van der Waals surface area (Å²) >= 11 is 0. The Labute approximate surface area is 114 Å². The topological polar surface area (TPSA) is 40.6 Å². The molecule has 0 radical (unpaired) electrons. The Balaban J connectivity index is 1.57. The van der Waals surface area contributed by atoms with Gasteiger partial charge in [0.15, 0.2) is 9.84 Å². The molecule has 1 spiro atoms. The summed E-state index contributed by atoms with van der Waals surface area (Å²) in [6.45, 7) is 5.71. The molecule has 1 aromatic rings. The van der Waals surface area contributed by atoms with Gasteiger partial charge in [-0.05, 0) is 24.7 Å². The molecule has 1 aromatic carbocycles. The molecule has 0 atom stereocenters. The van der Waals surface area contributed by atoms with Crippen molar-refractivity contribution in [2.75, 3.05) is 39.5 Å². The van der Waals surface area contributed by atoms with Crippen LogP contribution in [0.5, 0.6) is 0 Å². The third-order valence-corrected chi connectivity index (χ3v) is 5.21. The van der Waals surface area contributed by atoms with Crippen LogP contribution in [-0.4, -0.2) is 57.7 Å². The summed E-state index contributed by atoms with van der Waals surface area (Å²) in [7, 11) is -0.914. The van der Waals surface area contributed by atoms with Gasteiger partial charge in [0.05, 0.1) is 4.90 Å². The maximum atomic E-state index is 11.4. The van der Waals surface area contributed by atoms with Crippen LogP contribution in [0.1, 0.15) is 5.56 Å². The molecule has 0 amide bonds. The molecular formula is C14H20N2O2S. The van der Waals surface area contributed by atoms with Gasteiger partial charge in [-0.15, -0.1) is 0 Å². The number of sulfone groups is 1. The summed E-state index contributed by atoms with van der Waals surface area (Å²) in [4.78, 5) is 5.19. The van der Waals surface area contributed by atoms with E-state index in [0.717, 1.165) is 6.54 Å². The van der Waals surface area contributed by atoms with Crippen molar-refractivity contribution >= 4 is 9.84 Å². The van der Waals surface area contributed by atoms with Gasteiger partial charge >= 0.3 is 0 Å². The standard InChI is InChI=1S/C14H20N2O2S/c1-15-8-14(9-15)10-16(11-14)7-12-3-5-13(6-4-12)19(2,17)18/h3-6H,7-11H2,1-2H3. The summed E-state index contributed by atoms with van der Waals surface area (Å²) in [6, 6.07) is 7.26. The van der Waals surface area contributed by atoms with Gasteiger partial charge < -0.3 is 4.90 Å². The van der Waals surface area contributed by atoms with Crippen LogP contribution in [0.15, 0.2) is 29.2 Å². The molecule has 2 heterocycles. The van der Waals surface area contributed by atoms with E-state index in [4.69, 9.17) is 0 Å². The molecule has 4 nitrogen and oxygen atoms in total. The molecule has 104 valence electrons. The second-order valence-corrected chi connectivity index (χ2v) is 8.25. The van der Waals surface area contributed by atoms with Crippen molar-refractivity contribution in [3.63, 3.8) is 0 Å². The van der Waals surface area contributed by atoms with Gasteiger partial charge in [-0.25, -0.2) is 8.42 Å². The molecule has 2 saturated heterocycles. The third kappa shape index (κ3) is 2.55. The predicted octanol–water partition coefficient (Wildman–Crippen LogP) is 0.837. The Hall–Kier alpha value is -0.910. The molecule has 19 heavy (non-hydrogen) atoms. The SMILES string of the molecule is CN1CC2(C1)CN(Cc1ccc(S(C)(=O)=O)cc1)C2. The lowest BCUT2D eigenvalue weighted by molar-refractivity contribution is -0.107.